The van der Waals surface area contributed by atoms with Crippen LogP contribution in [-0.2, 0) is 12.6 Å². The molecular formula is C21H15F3N2O. The zero-order valence-corrected chi connectivity index (χ0v) is 14.1. The number of benzene rings is 2. The summed E-state index contributed by atoms with van der Waals surface area (Å²) in [4.78, 5) is 4.07. The minimum atomic E-state index is -4.63. The molecule has 0 saturated heterocycles. The van der Waals surface area contributed by atoms with Gasteiger partial charge >= 0.3 is 6.18 Å². The van der Waals surface area contributed by atoms with E-state index < -0.39 is 23.4 Å². The maximum atomic E-state index is 13.2. The SMILES string of the molecule is N#Cc1ccc(OC(Cc2ccccc2)c2cccnc2)cc1C(F)(F)F. The normalized spacial score (nSPS) is 12.2. The Morgan fingerprint density at radius 1 is 1.04 bits per heavy atom. The van der Waals surface area contributed by atoms with Crippen LogP contribution in [0, 0.1) is 11.3 Å². The topological polar surface area (TPSA) is 45.9 Å². The number of alkyl halides is 3. The molecule has 0 fully saturated rings. The minimum Gasteiger partial charge on any atom is -0.485 e. The van der Waals surface area contributed by atoms with Crippen molar-refractivity contribution in [1.82, 2.24) is 4.98 Å². The number of pyridine rings is 1. The lowest BCUT2D eigenvalue weighted by Gasteiger charge is -2.20. The number of hydrogen-bond donors (Lipinski definition) is 0. The van der Waals surface area contributed by atoms with Crippen molar-refractivity contribution in [3.63, 3.8) is 0 Å². The Morgan fingerprint density at radius 3 is 2.44 bits per heavy atom. The average Bonchev–Trinajstić information content (AvgIpc) is 2.68. The van der Waals surface area contributed by atoms with Crippen molar-refractivity contribution in [2.75, 3.05) is 0 Å². The van der Waals surface area contributed by atoms with E-state index in [1.165, 1.54) is 6.07 Å². The van der Waals surface area contributed by atoms with Gasteiger partial charge in [0.2, 0.25) is 0 Å². The first kappa shape index (κ1) is 18.5. The number of nitrogens with zero attached hydrogens (tertiary/aromatic N) is 2. The molecule has 1 aromatic heterocycles. The summed E-state index contributed by atoms with van der Waals surface area (Å²) in [6.45, 7) is 0. The van der Waals surface area contributed by atoms with Gasteiger partial charge in [0.1, 0.15) is 11.9 Å². The van der Waals surface area contributed by atoms with Crippen LogP contribution in [0.25, 0.3) is 0 Å². The number of halogens is 3. The fourth-order valence-electron chi connectivity index (χ4n) is 2.72. The highest BCUT2D eigenvalue weighted by Crippen LogP contribution is 2.35. The van der Waals surface area contributed by atoms with Crippen molar-refractivity contribution in [3.05, 3.63) is 95.3 Å². The first-order chi connectivity index (χ1) is 13.0. The van der Waals surface area contributed by atoms with Gasteiger partial charge in [0, 0.05) is 24.4 Å². The molecule has 0 aliphatic carbocycles. The fourth-order valence-corrected chi connectivity index (χ4v) is 2.72. The van der Waals surface area contributed by atoms with Crippen molar-refractivity contribution in [1.29, 1.82) is 5.26 Å². The Balaban J connectivity index is 1.94. The molecule has 1 unspecified atom stereocenters. The molecule has 0 N–H and O–H groups in total. The third-order valence-electron chi connectivity index (χ3n) is 4.02. The lowest BCUT2D eigenvalue weighted by Crippen LogP contribution is -2.13. The fraction of sp³-hybridized carbons (Fsp3) is 0.143. The monoisotopic (exact) mass is 368 g/mol. The first-order valence-electron chi connectivity index (χ1n) is 8.19. The molecule has 0 aliphatic heterocycles. The van der Waals surface area contributed by atoms with Gasteiger partial charge in [-0.15, -0.1) is 0 Å². The minimum absolute atomic E-state index is 0.0473. The summed E-state index contributed by atoms with van der Waals surface area (Å²) >= 11 is 0. The highest BCUT2D eigenvalue weighted by molar-refractivity contribution is 5.44. The van der Waals surface area contributed by atoms with Gasteiger partial charge in [0.05, 0.1) is 17.2 Å². The number of nitriles is 1. The van der Waals surface area contributed by atoms with E-state index in [1.54, 1.807) is 24.5 Å². The second kappa shape index (κ2) is 7.92. The largest absolute Gasteiger partial charge is 0.485 e. The summed E-state index contributed by atoms with van der Waals surface area (Å²) in [6.07, 6.45) is -1.44. The van der Waals surface area contributed by atoms with Crippen LogP contribution in [0.3, 0.4) is 0 Å². The summed E-state index contributed by atoms with van der Waals surface area (Å²) < 4.78 is 45.5. The second-order valence-electron chi connectivity index (χ2n) is 5.90. The van der Waals surface area contributed by atoms with Crippen molar-refractivity contribution < 1.29 is 17.9 Å². The van der Waals surface area contributed by atoms with Crippen LogP contribution in [0.2, 0.25) is 0 Å². The highest BCUT2D eigenvalue weighted by atomic mass is 19.4. The van der Waals surface area contributed by atoms with Gasteiger partial charge in [0.15, 0.2) is 0 Å². The molecule has 1 heterocycles. The summed E-state index contributed by atoms with van der Waals surface area (Å²) in [5.74, 6) is 0.0473. The van der Waals surface area contributed by atoms with Crippen LogP contribution in [0.5, 0.6) is 5.75 Å². The molecule has 0 amide bonds. The van der Waals surface area contributed by atoms with Crippen LogP contribution in [0.15, 0.2) is 73.1 Å². The summed E-state index contributed by atoms with van der Waals surface area (Å²) in [6, 6.07) is 18.0. The number of aromatic nitrogens is 1. The summed E-state index contributed by atoms with van der Waals surface area (Å²) in [7, 11) is 0. The molecule has 27 heavy (non-hydrogen) atoms. The summed E-state index contributed by atoms with van der Waals surface area (Å²) in [5, 5.41) is 8.93. The van der Waals surface area contributed by atoms with Gasteiger partial charge in [-0.3, -0.25) is 4.98 Å². The third kappa shape index (κ3) is 4.64. The third-order valence-corrected chi connectivity index (χ3v) is 4.02. The van der Waals surface area contributed by atoms with Gasteiger partial charge < -0.3 is 4.74 Å². The van der Waals surface area contributed by atoms with Crippen molar-refractivity contribution >= 4 is 0 Å². The van der Waals surface area contributed by atoms with E-state index in [4.69, 9.17) is 10.00 Å². The Kier molecular flexibility index (Phi) is 5.41. The van der Waals surface area contributed by atoms with Crippen molar-refractivity contribution in [3.8, 4) is 11.8 Å². The van der Waals surface area contributed by atoms with E-state index in [0.717, 1.165) is 23.3 Å². The number of rotatable bonds is 5. The zero-order valence-electron chi connectivity index (χ0n) is 14.1. The molecule has 0 bridgehead atoms. The molecule has 0 radical (unpaired) electrons. The standard InChI is InChI=1S/C21H15F3N2O/c22-21(23,24)19-12-18(9-8-16(19)13-25)27-20(17-7-4-10-26-14-17)11-15-5-2-1-3-6-15/h1-10,12,14,20H,11H2. The molecule has 136 valence electrons. The zero-order chi connectivity index (χ0) is 19.3. The quantitative estimate of drug-likeness (QED) is 0.611. The molecule has 6 heteroatoms. The van der Waals surface area contributed by atoms with Crippen LogP contribution in [0.1, 0.15) is 28.4 Å². The van der Waals surface area contributed by atoms with Gasteiger partial charge in [-0.25, -0.2) is 0 Å². The predicted molar refractivity (Wildman–Crippen MR) is 93.9 cm³/mol. The predicted octanol–water partition coefficient (Wildman–Crippen LogP) is 5.33. The molecule has 3 rings (SSSR count). The van der Waals surface area contributed by atoms with Gasteiger partial charge in [-0.2, -0.15) is 18.4 Å². The van der Waals surface area contributed by atoms with Crippen LogP contribution in [0.4, 0.5) is 13.2 Å². The molecule has 3 nitrogen and oxygen atoms in total. The van der Waals surface area contributed by atoms with E-state index in [1.807, 2.05) is 36.4 Å². The molecule has 1 atom stereocenters. The van der Waals surface area contributed by atoms with E-state index >= 15 is 0 Å². The molecule has 0 spiro atoms. The van der Waals surface area contributed by atoms with Crippen LogP contribution < -0.4 is 4.74 Å². The number of hydrogen-bond acceptors (Lipinski definition) is 3. The van der Waals surface area contributed by atoms with Crippen molar-refractivity contribution in [2.45, 2.75) is 18.7 Å². The lowest BCUT2D eigenvalue weighted by atomic mass is 10.0. The Bertz CT molecular complexity index is 935. The molecule has 0 aliphatic rings. The lowest BCUT2D eigenvalue weighted by molar-refractivity contribution is -0.137. The maximum Gasteiger partial charge on any atom is 0.417 e. The highest BCUT2D eigenvalue weighted by Gasteiger charge is 2.34. The van der Waals surface area contributed by atoms with E-state index in [9.17, 15) is 13.2 Å². The van der Waals surface area contributed by atoms with Gasteiger partial charge in [0.25, 0.3) is 0 Å². The number of ether oxygens (including phenoxy) is 1. The van der Waals surface area contributed by atoms with Crippen molar-refractivity contribution in [2.24, 2.45) is 0 Å². The maximum absolute atomic E-state index is 13.2. The van der Waals surface area contributed by atoms with Crippen LogP contribution >= 0.6 is 0 Å². The molecular weight excluding hydrogens is 353 g/mol. The molecule has 3 aromatic rings. The summed E-state index contributed by atoms with van der Waals surface area (Å²) in [5.41, 5.74) is 0.290. The Hall–Kier alpha value is -3.33. The van der Waals surface area contributed by atoms with Crippen LogP contribution in [-0.4, -0.2) is 4.98 Å². The second-order valence-corrected chi connectivity index (χ2v) is 5.90. The first-order valence-corrected chi connectivity index (χ1v) is 8.19. The Morgan fingerprint density at radius 2 is 1.81 bits per heavy atom. The van der Waals surface area contributed by atoms with E-state index in [-0.39, 0.29) is 5.75 Å². The average molecular weight is 368 g/mol. The molecule has 0 saturated carbocycles. The van der Waals surface area contributed by atoms with Gasteiger partial charge in [-0.05, 0) is 29.8 Å². The van der Waals surface area contributed by atoms with E-state index in [0.29, 0.717) is 6.42 Å². The molecule has 2 aromatic carbocycles. The van der Waals surface area contributed by atoms with E-state index in [2.05, 4.69) is 4.98 Å². The smallest absolute Gasteiger partial charge is 0.417 e. The van der Waals surface area contributed by atoms with Gasteiger partial charge in [-0.1, -0.05) is 36.4 Å². The Labute approximate surface area is 154 Å².